The lowest BCUT2D eigenvalue weighted by Gasteiger charge is -2.32. The molecule has 19 heavy (non-hydrogen) atoms. The number of hydrogen-bond donors (Lipinski definition) is 2. The Balaban J connectivity index is 2.52. The van der Waals surface area contributed by atoms with Gasteiger partial charge in [-0.05, 0) is 39.0 Å². The molecule has 0 saturated heterocycles. The molecule has 0 radical (unpaired) electrons. The van der Waals surface area contributed by atoms with Crippen LogP contribution in [0.15, 0.2) is 0 Å². The van der Waals surface area contributed by atoms with E-state index >= 15 is 0 Å². The lowest BCUT2D eigenvalue weighted by Crippen LogP contribution is -2.49. The molecule has 5 nitrogen and oxygen atoms in total. The molecule has 1 saturated carbocycles. The predicted octanol–water partition coefficient (Wildman–Crippen LogP) is 0.733. The van der Waals surface area contributed by atoms with Gasteiger partial charge in [-0.3, -0.25) is 9.59 Å². The lowest BCUT2D eigenvalue weighted by atomic mass is 9.77. The van der Waals surface area contributed by atoms with E-state index in [4.69, 9.17) is 5.73 Å². The third-order valence-electron chi connectivity index (χ3n) is 4.13. The van der Waals surface area contributed by atoms with Gasteiger partial charge < -0.3 is 16.0 Å². The normalized spacial score (nSPS) is 28.6. The van der Waals surface area contributed by atoms with Crippen LogP contribution in [-0.2, 0) is 9.59 Å². The van der Waals surface area contributed by atoms with E-state index in [0.29, 0.717) is 6.54 Å². The van der Waals surface area contributed by atoms with Crippen molar-refractivity contribution < 1.29 is 9.59 Å². The number of amides is 2. The monoisotopic (exact) mass is 269 g/mol. The Kier molecular flexibility index (Phi) is 5.79. The van der Waals surface area contributed by atoms with Crippen LogP contribution in [-0.4, -0.2) is 42.4 Å². The van der Waals surface area contributed by atoms with Gasteiger partial charge in [0, 0.05) is 25.6 Å². The molecule has 0 aromatic rings. The molecule has 0 heterocycles. The van der Waals surface area contributed by atoms with Crippen molar-refractivity contribution in [2.24, 2.45) is 17.6 Å². The minimum absolute atomic E-state index is 0.00949. The Bertz CT molecular complexity index is 333. The van der Waals surface area contributed by atoms with Crippen molar-refractivity contribution in [1.82, 2.24) is 10.2 Å². The predicted molar refractivity (Wildman–Crippen MR) is 75.4 cm³/mol. The molecule has 110 valence electrons. The average molecular weight is 269 g/mol. The van der Waals surface area contributed by atoms with Gasteiger partial charge in [-0.2, -0.15) is 0 Å². The minimum atomic E-state index is -0.458. The Morgan fingerprint density at radius 3 is 2.58 bits per heavy atom. The van der Waals surface area contributed by atoms with E-state index in [1.807, 2.05) is 6.92 Å². The molecule has 0 aromatic carbocycles. The molecule has 1 aliphatic carbocycles. The third kappa shape index (κ3) is 4.20. The zero-order valence-electron chi connectivity index (χ0n) is 12.5. The number of nitrogens with two attached hydrogens (primary N) is 1. The van der Waals surface area contributed by atoms with E-state index in [2.05, 4.69) is 12.2 Å². The lowest BCUT2D eigenvalue weighted by molar-refractivity contribution is -0.136. The summed E-state index contributed by atoms with van der Waals surface area (Å²) >= 11 is 0. The van der Waals surface area contributed by atoms with Crippen molar-refractivity contribution in [3.05, 3.63) is 0 Å². The quantitative estimate of drug-likeness (QED) is 0.790. The number of nitrogens with zero attached hydrogens (tertiary/aromatic N) is 1. The first-order valence-electron chi connectivity index (χ1n) is 7.17. The highest BCUT2D eigenvalue weighted by Gasteiger charge is 2.32. The standard InChI is InChI=1S/C14H27N3O2/c1-5-17(4)14(19)10(3)16-13(18)12-7-6-11(15)8-9(12)2/h9-12H,5-8,15H2,1-4H3,(H,16,18). The van der Waals surface area contributed by atoms with Gasteiger partial charge in [0.15, 0.2) is 0 Å². The molecule has 1 fully saturated rings. The summed E-state index contributed by atoms with van der Waals surface area (Å²) in [4.78, 5) is 25.8. The summed E-state index contributed by atoms with van der Waals surface area (Å²) in [6.45, 7) is 6.37. The molecule has 1 rings (SSSR count). The second-order valence-electron chi connectivity index (χ2n) is 5.74. The third-order valence-corrected chi connectivity index (χ3v) is 4.13. The van der Waals surface area contributed by atoms with Crippen molar-refractivity contribution in [2.75, 3.05) is 13.6 Å². The van der Waals surface area contributed by atoms with Crippen molar-refractivity contribution in [1.29, 1.82) is 0 Å². The summed E-state index contributed by atoms with van der Waals surface area (Å²) in [6, 6.07) is -0.246. The Morgan fingerprint density at radius 2 is 2.05 bits per heavy atom. The van der Waals surface area contributed by atoms with Gasteiger partial charge in [-0.1, -0.05) is 6.92 Å². The second kappa shape index (κ2) is 6.89. The SMILES string of the molecule is CCN(C)C(=O)C(C)NC(=O)C1CCC(N)CC1C. The number of likely N-dealkylation sites (N-methyl/N-ethyl adjacent to an activating group) is 1. The van der Waals surface area contributed by atoms with Crippen LogP contribution in [0.4, 0.5) is 0 Å². The Hall–Kier alpha value is -1.10. The fourth-order valence-corrected chi connectivity index (χ4v) is 2.70. The molecule has 2 amide bonds. The number of carbonyl (C=O) groups excluding carboxylic acids is 2. The summed E-state index contributed by atoms with van der Waals surface area (Å²) in [6.07, 6.45) is 2.59. The van der Waals surface area contributed by atoms with Gasteiger partial charge in [0.2, 0.25) is 11.8 Å². The molecule has 3 N–H and O–H groups in total. The molecular weight excluding hydrogens is 242 g/mol. The summed E-state index contributed by atoms with van der Waals surface area (Å²) in [5, 5.41) is 2.84. The fraction of sp³-hybridized carbons (Fsp3) is 0.857. The van der Waals surface area contributed by atoms with Crippen LogP contribution < -0.4 is 11.1 Å². The summed E-state index contributed by atoms with van der Waals surface area (Å²) in [5.74, 6) is 0.220. The van der Waals surface area contributed by atoms with Gasteiger partial charge in [-0.15, -0.1) is 0 Å². The topological polar surface area (TPSA) is 75.4 Å². The maximum atomic E-state index is 12.2. The van der Waals surface area contributed by atoms with Crippen LogP contribution in [0.25, 0.3) is 0 Å². The van der Waals surface area contributed by atoms with Crippen molar-refractivity contribution in [3.8, 4) is 0 Å². The van der Waals surface area contributed by atoms with E-state index in [1.165, 1.54) is 0 Å². The van der Waals surface area contributed by atoms with Crippen LogP contribution in [0.1, 0.15) is 40.0 Å². The molecule has 0 aromatic heterocycles. The van der Waals surface area contributed by atoms with E-state index in [9.17, 15) is 9.59 Å². The summed E-state index contributed by atoms with van der Waals surface area (Å²) < 4.78 is 0. The van der Waals surface area contributed by atoms with Crippen LogP contribution >= 0.6 is 0 Å². The van der Waals surface area contributed by atoms with Crippen LogP contribution in [0, 0.1) is 11.8 Å². The molecule has 0 bridgehead atoms. The van der Waals surface area contributed by atoms with E-state index in [1.54, 1.807) is 18.9 Å². The number of rotatable bonds is 4. The smallest absolute Gasteiger partial charge is 0.244 e. The highest BCUT2D eigenvalue weighted by Crippen LogP contribution is 2.29. The van der Waals surface area contributed by atoms with E-state index in [0.717, 1.165) is 19.3 Å². The molecule has 0 aliphatic heterocycles. The first-order valence-corrected chi connectivity index (χ1v) is 7.17. The minimum Gasteiger partial charge on any atom is -0.344 e. The molecular formula is C14H27N3O2. The van der Waals surface area contributed by atoms with Gasteiger partial charge in [0.25, 0.3) is 0 Å². The zero-order valence-corrected chi connectivity index (χ0v) is 12.5. The fourth-order valence-electron chi connectivity index (χ4n) is 2.70. The molecule has 5 heteroatoms. The zero-order chi connectivity index (χ0) is 14.6. The Morgan fingerprint density at radius 1 is 1.42 bits per heavy atom. The summed E-state index contributed by atoms with van der Waals surface area (Å²) in [7, 11) is 1.74. The molecule has 0 spiro atoms. The van der Waals surface area contributed by atoms with Gasteiger partial charge >= 0.3 is 0 Å². The summed E-state index contributed by atoms with van der Waals surface area (Å²) in [5.41, 5.74) is 5.90. The molecule has 1 aliphatic rings. The highest BCUT2D eigenvalue weighted by molar-refractivity contribution is 5.88. The second-order valence-corrected chi connectivity index (χ2v) is 5.74. The van der Waals surface area contributed by atoms with Crippen molar-refractivity contribution >= 4 is 11.8 Å². The average Bonchev–Trinajstić information content (AvgIpc) is 2.36. The van der Waals surface area contributed by atoms with E-state index in [-0.39, 0.29) is 29.7 Å². The van der Waals surface area contributed by atoms with Crippen LogP contribution in [0.2, 0.25) is 0 Å². The van der Waals surface area contributed by atoms with Crippen molar-refractivity contribution in [2.45, 2.75) is 52.1 Å². The van der Waals surface area contributed by atoms with Crippen LogP contribution in [0.5, 0.6) is 0 Å². The first-order chi connectivity index (χ1) is 8.86. The molecule has 4 unspecified atom stereocenters. The first kappa shape index (κ1) is 16.0. The maximum Gasteiger partial charge on any atom is 0.244 e. The van der Waals surface area contributed by atoms with Crippen LogP contribution in [0.3, 0.4) is 0 Å². The maximum absolute atomic E-state index is 12.2. The highest BCUT2D eigenvalue weighted by atomic mass is 16.2. The molecule has 4 atom stereocenters. The van der Waals surface area contributed by atoms with E-state index < -0.39 is 6.04 Å². The largest absolute Gasteiger partial charge is 0.344 e. The number of hydrogen-bond acceptors (Lipinski definition) is 3. The van der Waals surface area contributed by atoms with Gasteiger partial charge in [-0.25, -0.2) is 0 Å². The van der Waals surface area contributed by atoms with Gasteiger partial charge in [0.1, 0.15) is 6.04 Å². The Labute approximate surface area is 115 Å². The number of nitrogens with one attached hydrogen (secondary N) is 1. The van der Waals surface area contributed by atoms with Crippen molar-refractivity contribution in [3.63, 3.8) is 0 Å². The van der Waals surface area contributed by atoms with Gasteiger partial charge in [0.05, 0.1) is 0 Å². The number of carbonyl (C=O) groups is 2.